The average molecular weight is 432 g/mol. The van der Waals surface area contributed by atoms with Crippen LogP contribution >= 0.6 is 31.9 Å². The van der Waals surface area contributed by atoms with Crippen molar-refractivity contribution in [1.82, 2.24) is 4.90 Å². The molecular weight excluding hydrogens is 412 g/mol. The minimum Gasteiger partial charge on any atom is -0.444 e. The molecule has 1 aromatic rings. The van der Waals surface area contributed by atoms with Crippen LogP contribution < -0.4 is 5.32 Å². The second kappa shape index (κ2) is 5.41. The molecule has 1 aromatic carbocycles. The van der Waals surface area contributed by atoms with E-state index in [4.69, 9.17) is 4.74 Å². The van der Waals surface area contributed by atoms with Crippen LogP contribution in [-0.2, 0) is 10.2 Å². The van der Waals surface area contributed by atoms with Crippen LogP contribution in [0.1, 0.15) is 32.8 Å². The fourth-order valence-electron chi connectivity index (χ4n) is 3.21. The molecule has 6 heteroatoms. The molecule has 2 aliphatic rings. The molecule has 0 radical (unpaired) electrons. The van der Waals surface area contributed by atoms with Crippen molar-refractivity contribution in [3.8, 4) is 0 Å². The first kappa shape index (κ1) is 16.1. The van der Waals surface area contributed by atoms with Crippen molar-refractivity contribution in [3.05, 3.63) is 26.6 Å². The van der Waals surface area contributed by atoms with E-state index in [2.05, 4.69) is 49.3 Å². The van der Waals surface area contributed by atoms with Crippen molar-refractivity contribution in [2.75, 3.05) is 25.0 Å². The van der Waals surface area contributed by atoms with E-state index in [1.54, 1.807) is 0 Å². The Hall–Kier alpha value is -0.750. The van der Waals surface area contributed by atoms with E-state index in [0.29, 0.717) is 6.54 Å². The Morgan fingerprint density at radius 1 is 1.32 bits per heavy atom. The number of rotatable bonds is 0. The molecule has 1 saturated heterocycles. The maximum Gasteiger partial charge on any atom is 0.410 e. The molecule has 120 valence electrons. The Kier molecular flexibility index (Phi) is 3.96. The quantitative estimate of drug-likeness (QED) is 0.656. The number of anilines is 1. The zero-order valence-corrected chi connectivity index (χ0v) is 16.2. The Labute approximate surface area is 147 Å². The predicted molar refractivity (Wildman–Crippen MR) is 94.4 cm³/mol. The third-order valence-electron chi connectivity index (χ3n) is 4.25. The van der Waals surface area contributed by atoms with E-state index in [9.17, 15) is 4.79 Å². The lowest BCUT2D eigenvalue weighted by molar-refractivity contribution is 0.0285. The van der Waals surface area contributed by atoms with Gasteiger partial charge in [0.25, 0.3) is 0 Å². The van der Waals surface area contributed by atoms with Gasteiger partial charge in [-0.1, -0.05) is 0 Å². The molecule has 4 nitrogen and oxygen atoms in total. The molecule has 1 N–H and O–H groups in total. The Balaban J connectivity index is 1.82. The lowest BCUT2D eigenvalue weighted by Crippen LogP contribution is -2.38. The molecule has 0 aromatic heterocycles. The first-order valence-corrected chi connectivity index (χ1v) is 9.00. The molecule has 0 aliphatic carbocycles. The molecule has 1 unspecified atom stereocenters. The van der Waals surface area contributed by atoms with Gasteiger partial charge in [-0.2, -0.15) is 0 Å². The number of benzene rings is 1. The van der Waals surface area contributed by atoms with Crippen LogP contribution in [0.5, 0.6) is 0 Å². The minimum absolute atomic E-state index is 0.00451. The maximum absolute atomic E-state index is 12.3. The molecule has 3 rings (SSSR count). The van der Waals surface area contributed by atoms with E-state index >= 15 is 0 Å². The number of hydrogen-bond acceptors (Lipinski definition) is 3. The third kappa shape index (κ3) is 2.87. The second-order valence-corrected chi connectivity index (χ2v) is 8.81. The smallest absolute Gasteiger partial charge is 0.410 e. The summed E-state index contributed by atoms with van der Waals surface area (Å²) in [5.74, 6) is 0. The molecule has 1 fully saturated rings. The summed E-state index contributed by atoms with van der Waals surface area (Å²) in [7, 11) is 0. The van der Waals surface area contributed by atoms with Crippen molar-refractivity contribution in [1.29, 1.82) is 0 Å². The predicted octanol–water partition coefficient (Wildman–Crippen LogP) is 4.52. The summed E-state index contributed by atoms with van der Waals surface area (Å²) in [6.07, 6.45) is 0.745. The number of ether oxygens (including phenoxy) is 1. The second-order valence-electron chi connectivity index (χ2n) is 7.10. The van der Waals surface area contributed by atoms with Crippen molar-refractivity contribution in [3.63, 3.8) is 0 Å². The fraction of sp³-hybridized carbons (Fsp3) is 0.562. The number of nitrogens with one attached hydrogen (secondary N) is 1. The largest absolute Gasteiger partial charge is 0.444 e. The molecule has 1 atom stereocenters. The van der Waals surface area contributed by atoms with Crippen molar-refractivity contribution >= 4 is 43.6 Å². The highest BCUT2D eigenvalue weighted by Crippen LogP contribution is 2.46. The van der Waals surface area contributed by atoms with E-state index in [1.165, 1.54) is 5.56 Å². The number of likely N-dealkylation sites (tertiary alicyclic amines) is 1. The van der Waals surface area contributed by atoms with Gasteiger partial charge >= 0.3 is 6.09 Å². The number of fused-ring (bicyclic) bond motifs is 2. The van der Waals surface area contributed by atoms with Gasteiger partial charge in [-0.15, -0.1) is 0 Å². The number of carbonyl (C=O) groups is 1. The molecule has 1 amide bonds. The van der Waals surface area contributed by atoms with Crippen LogP contribution in [0.2, 0.25) is 0 Å². The highest BCUT2D eigenvalue weighted by atomic mass is 79.9. The maximum atomic E-state index is 12.3. The fourth-order valence-corrected chi connectivity index (χ4v) is 3.90. The lowest BCUT2D eigenvalue weighted by atomic mass is 9.82. The molecule has 1 spiro atoms. The van der Waals surface area contributed by atoms with Crippen LogP contribution in [0, 0.1) is 0 Å². The van der Waals surface area contributed by atoms with Gasteiger partial charge in [-0.3, -0.25) is 0 Å². The standard InChI is InChI=1S/C16H20Br2N2O2/c1-15(2,3)22-14(21)20-5-4-16(9-20)8-19-13-7-12(18)11(17)6-10(13)16/h6-7,19H,4-5,8-9H2,1-3H3. The van der Waals surface area contributed by atoms with E-state index < -0.39 is 5.60 Å². The van der Waals surface area contributed by atoms with Gasteiger partial charge in [0.05, 0.1) is 0 Å². The zero-order valence-electron chi connectivity index (χ0n) is 13.0. The van der Waals surface area contributed by atoms with Crippen LogP contribution in [0.15, 0.2) is 21.1 Å². The van der Waals surface area contributed by atoms with Crippen LogP contribution in [0.4, 0.5) is 10.5 Å². The highest BCUT2D eigenvalue weighted by Gasteiger charge is 2.46. The SMILES string of the molecule is CC(C)(C)OC(=O)N1CCC2(CNc3cc(Br)c(Br)cc32)C1. The summed E-state index contributed by atoms with van der Waals surface area (Å²) >= 11 is 7.13. The van der Waals surface area contributed by atoms with Gasteiger partial charge in [0, 0.05) is 39.7 Å². The molecule has 0 bridgehead atoms. The summed E-state index contributed by atoms with van der Waals surface area (Å²) in [6.45, 7) is 8.01. The minimum atomic E-state index is -0.452. The normalized spacial score (nSPS) is 23.6. The number of hydrogen-bond donors (Lipinski definition) is 1. The van der Waals surface area contributed by atoms with E-state index in [0.717, 1.165) is 34.1 Å². The summed E-state index contributed by atoms with van der Waals surface area (Å²) < 4.78 is 7.59. The molecule has 22 heavy (non-hydrogen) atoms. The van der Waals surface area contributed by atoms with Gasteiger partial charge in [0.15, 0.2) is 0 Å². The first-order chi connectivity index (χ1) is 10.2. The van der Waals surface area contributed by atoms with Gasteiger partial charge in [0.1, 0.15) is 5.60 Å². The van der Waals surface area contributed by atoms with Crippen molar-refractivity contribution < 1.29 is 9.53 Å². The van der Waals surface area contributed by atoms with Gasteiger partial charge < -0.3 is 15.0 Å². The molecule has 0 saturated carbocycles. The molecule has 2 aliphatic heterocycles. The van der Waals surface area contributed by atoms with E-state index in [-0.39, 0.29) is 11.5 Å². The van der Waals surface area contributed by atoms with Gasteiger partial charge in [-0.25, -0.2) is 4.79 Å². The van der Waals surface area contributed by atoms with Crippen molar-refractivity contribution in [2.24, 2.45) is 0 Å². The molecular formula is C16H20Br2N2O2. The first-order valence-electron chi connectivity index (χ1n) is 7.42. The Morgan fingerprint density at radius 3 is 2.68 bits per heavy atom. The molecule has 2 heterocycles. The van der Waals surface area contributed by atoms with Crippen LogP contribution in [-0.4, -0.2) is 36.2 Å². The summed E-state index contributed by atoms with van der Waals surface area (Å²) in [5, 5.41) is 3.48. The monoisotopic (exact) mass is 430 g/mol. The van der Waals surface area contributed by atoms with Crippen LogP contribution in [0.25, 0.3) is 0 Å². The number of amides is 1. The lowest BCUT2D eigenvalue weighted by Gasteiger charge is -2.27. The number of carbonyl (C=O) groups excluding carboxylic acids is 1. The number of halogens is 2. The Morgan fingerprint density at radius 2 is 2.00 bits per heavy atom. The highest BCUT2D eigenvalue weighted by molar-refractivity contribution is 9.13. The van der Waals surface area contributed by atoms with Gasteiger partial charge in [-0.05, 0) is 76.7 Å². The number of nitrogens with zero attached hydrogens (tertiary/aromatic N) is 1. The zero-order chi connectivity index (χ0) is 16.1. The summed E-state index contributed by atoms with van der Waals surface area (Å²) in [6, 6.07) is 4.27. The summed E-state index contributed by atoms with van der Waals surface area (Å²) in [4.78, 5) is 14.1. The van der Waals surface area contributed by atoms with E-state index in [1.807, 2.05) is 25.7 Å². The summed E-state index contributed by atoms with van der Waals surface area (Å²) in [5.41, 5.74) is 1.98. The topological polar surface area (TPSA) is 41.6 Å². The van der Waals surface area contributed by atoms with Crippen molar-refractivity contribution in [2.45, 2.75) is 38.2 Å². The average Bonchev–Trinajstić information content (AvgIpc) is 2.96. The van der Waals surface area contributed by atoms with Crippen LogP contribution in [0.3, 0.4) is 0 Å². The van der Waals surface area contributed by atoms with Gasteiger partial charge in [0.2, 0.25) is 0 Å². The third-order valence-corrected chi connectivity index (χ3v) is 6.10. The Bertz CT molecular complexity index is 627.